The lowest BCUT2D eigenvalue weighted by Gasteiger charge is -2.37. The van der Waals surface area contributed by atoms with Crippen molar-refractivity contribution in [1.82, 2.24) is 29.5 Å². The smallest absolute Gasteiger partial charge is 0.199 e. The first-order valence-corrected chi connectivity index (χ1v) is 12.4. The van der Waals surface area contributed by atoms with Gasteiger partial charge in [-0.05, 0) is 50.6 Å². The molecule has 3 N–H and O–H groups in total. The van der Waals surface area contributed by atoms with Crippen molar-refractivity contribution >= 4 is 33.6 Å². The highest BCUT2D eigenvalue weighted by molar-refractivity contribution is 5.91. The minimum atomic E-state index is 0.168. The van der Waals surface area contributed by atoms with Gasteiger partial charge in [-0.1, -0.05) is 12.1 Å². The quantitative estimate of drug-likeness (QED) is 0.343. The van der Waals surface area contributed by atoms with Gasteiger partial charge in [0, 0.05) is 65.1 Å². The van der Waals surface area contributed by atoms with Crippen LogP contribution in [0.15, 0.2) is 61.2 Å². The van der Waals surface area contributed by atoms with Crippen LogP contribution in [0, 0.1) is 0 Å². The number of aromatic nitrogens is 5. The zero-order chi connectivity index (χ0) is 24.4. The van der Waals surface area contributed by atoms with E-state index in [1.807, 2.05) is 24.4 Å². The Balaban J connectivity index is 1.17. The first kappa shape index (κ1) is 21.2. The SMILES string of the molecule is CC(C)N1C[C@@H]2C[C@H]1CN2c1cccc(Nc2ncc(-c3ccc4c(O)[nH]cc4c3)n3ncnc23)c1. The molecular formula is C27H28N8O. The molecule has 2 atom stereocenters. The second-order valence-electron chi connectivity index (χ2n) is 10.1. The first-order valence-electron chi connectivity index (χ1n) is 12.4. The van der Waals surface area contributed by atoms with Crippen LogP contribution in [0.1, 0.15) is 20.3 Å². The highest BCUT2D eigenvalue weighted by atomic mass is 16.3. The number of H-pyrrole nitrogens is 1. The molecule has 182 valence electrons. The summed E-state index contributed by atoms with van der Waals surface area (Å²) in [5.41, 5.74) is 4.64. The van der Waals surface area contributed by atoms with E-state index in [0.29, 0.717) is 29.6 Å². The van der Waals surface area contributed by atoms with Crippen LogP contribution in [0.5, 0.6) is 5.88 Å². The van der Waals surface area contributed by atoms with Crippen LogP contribution < -0.4 is 10.2 Å². The van der Waals surface area contributed by atoms with Gasteiger partial charge in [0.05, 0.1) is 11.9 Å². The van der Waals surface area contributed by atoms with Crippen LogP contribution in [-0.2, 0) is 0 Å². The summed E-state index contributed by atoms with van der Waals surface area (Å²) in [6, 6.07) is 16.2. The fourth-order valence-corrected chi connectivity index (χ4v) is 5.93. The van der Waals surface area contributed by atoms with E-state index in [4.69, 9.17) is 4.98 Å². The maximum atomic E-state index is 9.93. The van der Waals surface area contributed by atoms with Crippen molar-refractivity contribution < 1.29 is 5.11 Å². The molecule has 0 radical (unpaired) electrons. The van der Waals surface area contributed by atoms with Crippen molar-refractivity contribution in [2.75, 3.05) is 23.3 Å². The highest BCUT2D eigenvalue weighted by Gasteiger charge is 2.44. The summed E-state index contributed by atoms with van der Waals surface area (Å²) in [6.45, 7) is 6.81. The Morgan fingerprint density at radius 2 is 2.00 bits per heavy atom. The van der Waals surface area contributed by atoms with Crippen molar-refractivity contribution in [3.05, 3.63) is 61.2 Å². The van der Waals surface area contributed by atoms with Crippen molar-refractivity contribution in [2.24, 2.45) is 0 Å². The summed E-state index contributed by atoms with van der Waals surface area (Å²) >= 11 is 0. The van der Waals surface area contributed by atoms with Crippen LogP contribution >= 0.6 is 0 Å². The fourth-order valence-electron chi connectivity index (χ4n) is 5.93. The second kappa shape index (κ2) is 7.96. The maximum absolute atomic E-state index is 9.93. The predicted molar refractivity (Wildman–Crippen MR) is 141 cm³/mol. The number of rotatable bonds is 5. The summed E-state index contributed by atoms with van der Waals surface area (Å²) in [4.78, 5) is 17.2. The Labute approximate surface area is 208 Å². The Morgan fingerprint density at radius 3 is 2.83 bits per heavy atom. The van der Waals surface area contributed by atoms with Crippen LogP contribution in [0.4, 0.5) is 17.2 Å². The molecule has 2 aromatic carbocycles. The van der Waals surface area contributed by atoms with Crippen molar-refractivity contribution in [2.45, 2.75) is 38.4 Å². The molecular weight excluding hydrogens is 452 g/mol. The van der Waals surface area contributed by atoms with Crippen molar-refractivity contribution in [1.29, 1.82) is 0 Å². The molecule has 36 heavy (non-hydrogen) atoms. The molecule has 9 heteroatoms. The van der Waals surface area contributed by atoms with E-state index in [-0.39, 0.29) is 5.88 Å². The topological polar surface area (TPSA) is 97.6 Å². The van der Waals surface area contributed by atoms with E-state index >= 15 is 0 Å². The third kappa shape index (κ3) is 3.30. The minimum absolute atomic E-state index is 0.168. The van der Waals surface area contributed by atoms with Gasteiger partial charge in [0.15, 0.2) is 17.3 Å². The van der Waals surface area contributed by atoms with E-state index < -0.39 is 0 Å². The van der Waals surface area contributed by atoms with Gasteiger partial charge >= 0.3 is 0 Å². The lowest BCUT2D eigenvalue weighted by Crippen LogP contribution is -2.48. The number of hydrogen-bond acceptors (Lipinski definition) is 7. The average molecular weight is 481 g/mol. The molecule has 2 aliphatic heterocycles. The molecule has 0 unspecified atom stereocenters. The molecule has 2 fully saturated rings. The zero-order valence-corrected chi connectivity index (χ0v) is 20.3. The largest absolute Gasteiger partial charge is 0.494 e. The van der Waals surface area contributed by atoms with Gasteiger partial charge in [-0.3, -0.25) is 4.90 Å². The normalized spacial score (nSPS) is 19.8. The number of nitrogens with zero attached hydrogens (tertiary/aromatic N) is 6. The predicted octanol–water partition coefficient (Wildman–Crippen LogP) is 4.39. The molecule has 0 saturated carbocycles. The van der Waals surface area contributed by atoms with Gasteiger partial charge in [-0.15, -0.1) is 0 Å². The van der Waals surface area contributed by atoms with Gasteiger partial charge in [0.2, 0.25) is 0 Å². The van der Waals surface area contributed by atoms with Crippen molar-refractivity contribution in [3.8, 4) is 17.1 Å². The van der Waals surface area contributed by atoms with Crippen LogP contribution in [0.3, 0.4) is 0 Å². The number of piperazine rings is 1. The van der Waals surface area contributed by atoms with Crippen molar-refractivity contribution in [3.63, 3.8) is 0 Å². The van der Waals surface area contributed by atoms with Gasteiger partial charge in [-0.25, -0.2) is 14.5 Å². The molecule has 5 aromatic rings. The molecule has 7 rings (SSSR count). The van der Waals surface area contributed by atoms with Crippen LogP contribution in [-0.4, -0.2) is 65.8 Å². The molecule has 2 bridgehead atoms. The van der Waals surface area contributed by atoms with Gasteiger partial charge in [0.25, 0.3) is 0 Å². The standard InChI is InChI=1S/C27H28N8O/c1-16(2)33-13-22-10-21(33)14-34(22)20-5-3-4-19(9-20)32-25-26-30-15-31-35(26)24(12-28-25)17-6-7-23-18(8-17)11-29-27(23)36/h3-9,11-12,15-16,21-22,29,36H,10,13-14H2,1-2H3,(H,28,32)/t21-,22-/m0/s1. The Hall–Kier alpha value is -4.11. The van der Waals surface area contributed by atoms with E-state index in [9.17, 15) is 5.11 Å². The molecule has 9 nitrogen and oxygen atoms in total. The number of benzene rings is 2. The Morgan fingerprint density at radius 1 is 1.08 bits per heavy atom. The van der Waals surface area contributed by atoms with E-state index in [0.717, 1.165) is 40.8 Å². The van der Waals surface area contributed by atoms with Crippen LogP contribution in [0.25, 0.3) is 27.7 Å². The average Bonchev–Trinajstić information content (AvgIpc) is 3.68. The van der Waals surface area contributed by atoms with E-state index in [1.54, 1.807) is 17.0 Å². The third-order valence-electron chi connectivity index (χ3n) is 7.66. The minimum Gasteiger partial charge on any atom is -0.494 e. The molecule has 3 aromatic heterocycles. The molecule has 0 aliphatic carbocycles. The lowest BCUT2D eigenvalue weighted by atomic mass is 10.1. The summed E-state index contributed by atoms with van der Waals surface area (Å²) in [6.07, 6.45) is 6.38. The number of aromatic hydroxyl groups is 1. The summed E-state index contributed by atoms with van der Waals surface area (Å²) < 4.78 is 1.80. The van der Waals surface area contributed by atoms with E-state index in [1.165, 1.54) is 12.1 Å². The van der Waals surface area contributed by atoms with Gasteiger partial charge in [-0.2, -0.15) is 5.10 Å². The Bertz CT molecular complexity index is 1590. The third-order valence-corrected chi connectivity index (χ3v) is 7.66. The first-order chi connectivity index (χ1) is 17.5. The number of nitrogens with one attached hydrogen (secondary N) is 2. The number of likely N-dealkylation sites (tertiary alicyclic amines) is 1. The summed E-state index contributed by atoms with van der Waals surface area (Å²) in [5.74, 6) is 0.823. The molecule has 2 saturated heterocycles. The van der Waals surface area contributed by atoms with Gasteiger partial charge < -0.3 is 20.3 Å². The number of fused-ring (bicyclic) bond motifs is 4. The van der Waals surface area contributed by atoms with Crippen LogP contribution in [0.2, 0.25) is 0 Å². The molecule has 0 amide bonds. The number of aromatic amines is 1. The molecule has 5 heterocycles. The second-order valence-corrected chi connectivity index (χ2v) is 10.1. The summed E-state index contributed by atoms with van der Waals surface area (Å²) in [5, 5.41) is 19.6. The fraction of sp³-hybridized carbons (Fsp3) is 0.296. The number of hydrogen-bond donors (Lipinski definition) is 3. The van der Waals surface area contributed by atoms with E-state index in [2.05, 4.69) is 68.3 Å². The summed E-state index contributed by atoms with van der Waals surface area (Å²) in [7, 11) is 0. The lowest BCUT2D eigenvalue weighted by molar-refractivity contribution is 0.191. The molecule has 0 spiro atoms. The molecule has 2 aliphatic rings. The maximum Gasteiger partial charge on any atom is 0.199 e. The zero-order valence-electron chi connectivity index (χ0n) is 20.3. The monoisotopic (exact) mass is 480 g/mol. The highest BCUT2D eigenvalue weighted by Crippen LogP contribution is 2.37. The Kier molecular flexibility index (Phi) is 4.69. The van der Waals surface area contributed by atoms with Gasteiger partial charge in [0.1, 0.15) is 6.33 Å². The number of anilines is 3.